The van der Waals surface area contributed by atoms with Crippen molar-refractivity contribution in [1.29, 1.82) is 0 Å². The van der Waals surface area contributed by atoms with Gasteiger partial charge in [0.25, 0.3) is 0 Å². The van der Waals surface area contributed by atoms with Crippen LogP contribution in [0.4, 0.5) is 23.7 Å². The second-order valence-electron chi connectivity index (χ2n) is 10.2. The summed E-state index contributed by atoms with van der Waals surface area (Å²) in [6.45, 7) is 5.87. The first kappa shape index (κ1) is 31.5. The van der Waals surface area contributed by atoms with Gasteiger partial charge >= 0.3 is 12.4 Å². The standard InChI is InChI=1S/C32H29F3N6O3S/c1-4-5-23-7-6-20(2)16-27(23)41-28(42)18-45-31(41)38-30(43)36-17-21(3)22-8-10-24(11-9-22)29-37-19-40(39-29)25-12-14-26(15-13-25)44-32(33,34)35/h6-17,19H,4-5,18H2,1-3H3,(H,36,43)/b21-17+,38-31?. The molecule has 0 spiro atoms. The van der Waals surface area contributed by atoms with Crippen LogP contribution in [0.1, 0.15) is 37.0 Å². The Morgan fingerprint density at radius 2 is 1.84 bits per heavy atom. The zero-order valence-electron chi connectivity index (χ0n) is 24.6. The number of thioether (sulfide) groups is 1. The van der Waals surface area contributed by atoms with Crippen LogP contribution in [-0.2, 0) is 11.2 Å². The summed E-state index contributed by atoms with van der Waals surface area (Å²) in [5.74, 6) is 0.191. The first-order chi connectivity index (χ1) is 21.5. The van der Waals surface area contributed by atoms with Crippen molar-refractivity contribution >= 4 is 40.1 Å². The fourth-order valence-electron chi connectivity index (χ4n) is 4.62. The van der Waals surface area contributed by atoms with Gasteiger partial charge in [0.1, 0.15) is 12.1 Å². The molecular weight excluding hydrogens is 605 g/mol. The van der Waals surface area contributed by atoms with Crippen LogP contribution in [-0.4, -0.2) is 44.0 Å². The van der Waals surface area contributed by atoms with E-state index in [-0.39, 0.29) is 17.4 Å². The van der Waals surface area contributed by atoms with Gasteiger partial charge in [0.15, 0.2) is 11.0 Å². The molecule has 3 amide bonds. The molecule has 5 rings (SSSR count). The van der Waals surface area contributed by atoms with Crippen LogP contribution in [0.2, 0.25) is 0 Å². The lowest BCUT2D eigenvalue weighted by atomic mass is 10.0. The van der Waals surface area contributed by atoms with Crippen LogP contribution in [0.3, 0.4) is 0 Å². The maximum Gasteiger partial charge on any atom is 0.573 e. The van der Waals surface area contributed by atoms with Gasteiger partial charge in [-0.1, -0.05) is 61.5 Å². The van der Waals surface area contributed by atoms with E-state index in [4.69, 9.17) is 0 Å². The number of hydrogen-bond acceptors (Lipinski definition) is 6. The van der Waals surface area contributed by atoms with E-state index in [1.54, 1.807) is 6.20 Å². The third kappa shape index (κ3) is 7.79. The largest absolute Gasteiger partial charge is 0.573 e. The quantitative estimate of drug-likeness (QED) is 0.218. The normalized spacial score (nSPS) is 14.7. The van der Waals surface area contributed by atoms with E-state index in [1.165, 1.54) is 51.9 Å². The fourth-order valence-corrected chi connectivity index (χ4v) is 5.48. The minimum atomic E-state index is -4.76. The minimum absolute atomic E-state index is 0.117. The lowest BCUT2D eigenvalue weighted by Gasteiger charge is -2.20. The van der Waals surface area contributed by atoms with Crippen molar-refractivity contribution in [3.63, 3.8) is 0 Å². The maximum atomic E-state index is 12.8. The SMILES string of the molecule is CCCc1ccc(C)cc1N1C(=O)CSC1=NC(=O)N/C=C(\C)c1ccc(-c2ncn(-c3ccc(OC(F)(F)F)cc3)n2)cc1. The van der Waals surface area contributed by atoms with Crippen molar-refractivity contribution in [2.45, 2.75) is 40.0 Å². The number of aliphatic imine (C=N–C) groups is 1. The van der Waals surface area contributed by atoms with Crippen molar-refractivity contribution in [3.05, 3.63) is 95.9 Å². The Morgan fingerprint density at radius 3 is 2.53 bits per heavy atom. The number of carbonyl (C=O) groups is 2. The second kappa shape index (κ2) is 13.4. The number of anilines is 1. The predicted molar refractivity (Wildman–Crippen MR) is 168 cm³/mol. The van der Waals surface area contributed by atoms with Crippen LogP contribution >= 0.6 is 11.8 Å². The number of urea groups is 1. The van der Waals surface area contributed by atoms with Crippen LogP contribution in [0.25, 0.3) is 22.6 Å². The van der Waals surface area contributed by atoms with Crippen LogP contribution < -0.4 is 15.0 Å². The summed E-state index contributed by atoms with van der Waals surface area (Å²) < 4.78 is 42.6. The van der Waals surface area contributed by atoms with E-state index in [2.05, 4.69) is 32.1 Å². The molecule has 3 aromatic carbocycles. The molecule has 1 aromatic heterocycles. The highest BCUT2D eigenvalue weighted by molar-refractivity contribution is 8.15. The minimum Gasteiger partial charge on any atom is -0.406 e. The molecule has 13 heteroatoms. The van der Waals surface area contributed by atoms with Gasteiger partial charge in [0, 0.05) is 11.8 Å². The number of amides is 3. The van der Waals surface area contributed by atoms with Crippen LogP contribution in [0, 0.1) is 6.92 Å². The van der Waals surface area contributed by atoms with Gasteiger partial charge in [0.05, 0.1) is 17.1 Å². The van der Waals surface area contributed by atoms with E-state index < -0.39 is 12.4 Å². The number of rotatable bonds is 8. The zero-order valence-corrected chi connectivity index (χ0v) is 25.4. The Hall–Kier alpha value is -4.91. The number of alkyl halides is 3. The summed E-state index contributed by atoms with van der Waals surface area (Å²) in [6.07, 6.45) is -0.0154. The van der Waals surface area contributed by atoms with Crippen LogP contribution in [0.15, 0.2) is 84.2 Å². The third-order valence-corrected chi connectivity index (χ3v) is 7.72. The van der Waals surface area contributed by atoms with Gasteiger partial charge in [-0.3, -0.25) is 9.69 Å². The number of carbonyl (C=O) groups excluding carboxylic acids is 2. The molecule has 0 bridgehead atoms. The Balaban J connectivity index is 1.24. The molecule has 0 radical (unpaired) electrons. The Bertz CT molecular complexity index is 1770. The molecule has 45 heavy (non-hydrogen) atoms. The highest BCUT2D eigenvalue weighted by Crippen LogP contribution is 2.31. The van der Waals surface area contributed by atoms with E-state index in [0.717, 1.165) is 46.4 Å². The number of halogens is 3. The molecule has 0 saturated carbocycles. The lowest BCUT2D eigenvalue weighted by Crippen LogP contribution is -2.31. The number of allylic oxidation sites excluding steroid dienone is 1. The van der Waals surface area contributed by atoms with Gasteiger partial charge in [-0.2, -0.15) is 4.99 Å². The summed E-state index contributed by atoms with van der Waals surface area (Å²) >= 11 is 1.23. The Labute approximate surface area is 261 Å². The van der Waals surface area contributed by atoms with Gasteiger partial charge in [-0.05, 0) is 72.9 Å². The van der Waals surface area contributed by atoms with Crippen molar-refractivity contribution in [1.82, 2.24) is 20.1 Å². The first-order valence-corrected chi connectivity index (χ1v) is 15.0. The van der Waals surface area contributed by atoms with E-state index >= 15 is 0 Å². The average Bonchev–Trinajstić information content (AvgIpc) is 3.64. The number of nitrogens with one attached hydrogen (secondary N) is 1. The number of amidine groups is 1. The molecule has 0 aliphatic carbocycles. The number of aryl methyl sites for hydroxylation is 2. The van der Waals surface area contributed by atoms with Crippen molar-refractivity contribution in [3.8, 4) is 22.8 Å². The zero-order chi connectivity index (χ0) is 32.1. The molecular formula is C32H29F3N6O3S. The van der Waals surface area contributed by atoms with Gasteiger partial charge in [-0.25, -0.2) is 14.5 Å². The molecule has 232 valence electrons. The predicted octanol–water partition coefficient (Wildman–Crippen LogP) is 7.30. The fraction of sp³-hybridized carbons (Fsp3) is 0.219. The summed E-state index contributed by atoms with van der Waals surface area (Å²) in [5.41, 5.74) is 5.65. The molecule has 1 N–H and O–H groups in total. The summed E-state index contributed by atoms with van der Waals surface area (Å²) in [6, 6.07) is 18.0. The highest BCUT2D eigenvalue weighted by atomic mass is 32.2. The molecule has 1 saturated heterocycles. The summed E-state index contributed by atoms with van der Waals surface area (Å²) in [4.78, 5) is 35.6. The molecule has 4 aromatic rings. The summed E-state index contributed by atoms with van der Waals surface area (Å²) in [5, 5.41) is 7.45. The lowest BCUT2D eigenvalue weighted by molar-refractivity contribution is -0.274. The van der Waals surface area contributed by atoms with Crippen molar-refractivity contribution in [2.24, 2.45) is 4.99 Å². The van der Waals surface area contributed by atoms with E-state index in [0.29, 0.717) is 16.7 Å². The molecule has 0 unspecified atom stereocenters. The average molecular weight is 635 g/mol. The number of benzene rings is 3. The molecule has 1 aliphatic rings. The molecule has 1 aliphatic heterocycles. The molecule has 1 fully saturated rings. The van der Waals surface area contributed by atoms with Crippen molar-refractivity contribution < 1.29 is 27.5 Å². The van der Waals surface area contributed by atoms with Crippen molar-refractivity contribution in [2.75, 3.05) is 10.7 Å². The maximum absolute atomic E-state index is 12.8. The van der Waals surface area contributed by atoms with Gasteiger partial charge in [0.2, 0.25) is 5.91 Å². The number of ether oxygens (including phenoxy) is 1. The van der Waals surface area contributed by atoms with Gasteiger partial charge < -0.3 is 10.1 Å². The number of hydrogen-bond donors (Lipinski definition) is 1. The Kier molecular flexibility index (Phi) is 9.37. The smallest absolute Gasteiger partial charge is 0.406 e. The number of aromatic nitrogens is 3. The van der Waals surface area contributed by atoms with E-state index in [1.807, 2.05) is 56.3 Å². The summed E-state index contributed by atoms with van der Waals surface area (Å²) in [7, 11) is 0. The highest BCUT2D eigenvalue weighted by Gasteiger charge is 2.32. The third-order valence-electron chi connectivity index (χ3n) is 6.80. The van der Waals surface area contributed by atoms with Gasteiger partial charge in [-0.15, -0.1) is 18.3 Å². The van der Waals surface area contributed by atoms with Crippen LogP contribution in [0.5, 0.6) is 5.75 Å². The first-order valence-electron chi connectivity index (χ1n) is 14.0. The number of nitrogens with zero attached hydrogens (tertiary/aromatic N) is 5. The monoisotopic (exact) mass is 634 g/mol. The molecule has 9 nitrogen and oxygen atoms in total. The Morgan fingerprint density at radius 1 is 1.11 bits per heavy atom. The second-order valence-corrected chi connectivity index (χ2v) is 11.1. The molecule has 2 heterocycles. The molecule has 0 atom stereocenters. The topological polar surface area (TPSA) is 102 Å². The van der Waals surface area contributed by atoms with E-state index in [9.17, 15) is 22.8 Å².